The maximum atomic E-state index is 11.9. The van der Waals surface area contributed by atoms with Gasteiger partial charge in [-0.05, 0) is 39.3 Å². The number of benzene rings is 2. The van der Waals surface area contributed by atoms with Gasteiger partial charge in [0.25, 0.3) is 0 Å². The molecule has 0 aromatic heterocycles. The van der Waals surface area contributed by atoms with E-state index in [4.69, 9.17) is 9.47 Å². The summed E-state index contributed by atoms with van der Waals surface area (Å²) in [7, 11) is 0. The average Bonchev–Trinajstić information content (AvgIpc) is 2.62. The predicted octanol–water partition coefficient (Wildman–Crippen LogP) is 5.60. The van der Waals surface area contributed by atoms with E-state index in [1.807, 2.05) is 44.3 Å². The summed E-state index contributed by atoms with van der Waals surface area (Å²) in [4.78, 5) is 23.6. The number of ether oxygens (including phenoxy) is 2. The van der Waals surface area contributed by atoms with Crippen LogP contribution >= 0.6 is 0 Å². The van der Waals surface area contributed by atoms with E-state index in [0.29, 0.717) is 17.4 Å². The van der Waals surface area contributed by atoms with Gasteiger partial charge in [0.1, 0.15) is 11.5 Å². The molecule has 1 unspecified atom stereocenters. The number of nitrogens with one attached hydrogen (secondary N) is 1. The highest BCUT2D eigenvalue weighted by Crippen LogP contribution is 2.43. The Morgan fingerprint density at radius 1 is 0.966 bits per heavy atom. The molecule has 0 spiro atoms. The molecular weight excluding hydrogens is 366 g/mol. The van der Waals surface area contributed by atoms with Crippen LogP contribution in [0.2, 0.25) is 0 Å². The molecule has 2 rings (SSSR count). The van der Waals surface area contributed by atoms with E-state index < -0.39 is 11.9 Å². The summed E-state index contributed by atoms with van der Waals surface area (Å²) < 4.78 is 11.2. The molecule has 2 aromatic rings. The number of allylic oxidation sites excluding steroid dienone is 1. The number of fused-ring (bicyclic) bond motifs is 1. The van der Waals surface area contributed by atoms with E-state index in [2.05, 4.69) is 26.1 Å². The molecule has 29 heavy (non-hydrogen) atoms. The summed E-state index contributed by atoms with van der Waals surface area (Å²) in [6, 6.07) is 7.31. The zero-order valence-electron chi connectivity index (χ0n) is 18.4. The van der Waals surface area contributed by atoms with E-state index >= 15 is 0 Å². The van der Waals surface area contributed by atoms with Crippen molar-refractivity contribution in [3.05, 3.63) is 47.2 Å². The van der Waals surface area contributed by atoms with Gasteiger partial charge in [0.2, 0.25) is 0 Å². The largest absolute Gasteiger partial charge is 0.426 e. The third-order valence-electron chi connectivity index (χ3n) is 4.64. The number of carbonyl (C=O) groups is 2. The van der Waals surface area contributed by atoms with E-state index in [0.717, 1.165) is 28.3 Å². The van der Waals surface area contributed by atoms with Crippen molar-refractivity contribution in [1.29, 1.82) is 0 Å². The summed E-state index contributed by atoms with van der Waals surface area (Å²) in [5, 5.41) is 4.88. The minimum atomic E-state index is -0.394. The monoisotopic (exact) mass is 397 g/mol. The number of hydrogen-bond donors (Lipinski definition) is 1. The smallest absolute Gasteiger partial charge is 0.308 e. The predicted molar refractivity (Wildman–Crippen MR) is 116 cm³/mol. The van der Waals surface area contributed by atoms with Gasteiger partial charge in [-0.2, -0.15) is 0 Å². The lowest BCUT2D eigenvalue weighted by Crippen LogP contribution is -2.18. The van der Waals surface area contributed by atoms with Gasteiger partial charge in [-0.1, -0.05) is 43.7 Å². The van der Waals surface area contributed by atoms with Gasteiger partial charge in [0.15, 0.2) is 0 Å². The lowest BCUT2D eigenvalue weighted by Gasteiger charge is -2.23. The van der Waals surface area contributed by atoms with E-state index in [1.54, 1.807) is 0 Å². The third kappa shape index (κ3) is 5.59. The molecule has 0 fully saturated rings. The number of hydrogen-bond acceptors (Lipinski definition) is 5. The van der Waals surface area contributed by atoms with Crippen LogP contribution in [0.5, 0.6) is 11.5 Å². The van der Waals surface area contributed by atoms with Crippen molar-refractivity contribution in [3.63, 3.8) is 0 Å². The van der Waals surface area contributed by atoms with Crippen molar-refractivity contribution in [2.75, 3.05) is 0 Å². The van der Waals surface area contributed by atoms with Crippen molar-refractivity contribution >= 4 is 22.7 Å². The van der Waals surface area contributed by atoms with Crippen LogP contribution in [0.1, 0.15) is 65.1 Å². The van der Waals surface area contributed by atoms with Crippen LogP contribution in [-0.2, 0) is 9.59 Å². The third-order valence-corrected chi connectivity index (χ3v) is 4.64. The van der Waals surface area contributed by atoms with Gasteiger partial charge in [-0.25, -0.2) is 0 Å². The van der Waals surface area contributed by atoms with Gasteiger partial charge in [0, 0.05) is 35.7 Å². The molecule has 1 atom stereocenters. The Bertz CT molecular complexity index is 944. The first-order chi connectivity index (χ1) is 13.6. The van der Waals surface area contributed by atoms with E-state index in [-0.39, 0.29) is 6.04 Å². The molecule has 0 saturated heterocycles. The molecule has 0 amide bonds. The zero-order chi connectivity index (χ0) is 21.7. The van der Waals surface area contributed by atoms with Gasteiger partial charge in [-0.3, -0.25) is 9.59 Å². The summed E-state index contributed by atoms with van der Waals surface area (Å²) in [6.45, 7) is 13.1. The first-order valence-corrected chi connectivity index (χ1v) is 9.95. The molecule has 0 aliphatic rings. The van der Waals surface area contributed by atoms with Gasteiger partial charge in [-0.15, -0.1) is 0 Å². The fourth-order valence-electron chi connectivity index (χ4n) is 3.62. The highest BCUT2D eigenvalue weighted by atomic mass is 16.5. The fraction of sp³-hybridized carbons (Fsp3) is 0.417. The van der Waals surface area contributed by atoms with Crippen molar-refractivity contribution < 1.29 is 19.1 Å². The normalized spacial score (nSPS) is 12.8. The van der Waals surface area contributed by atoms with Crippen LogP contribution in [0.3, 0.4) is 0 Å². The lowest BCUT2D eigenvalue weighted by molar-refractivity contribution is -0.133. The second kappa shape index (κ2) is 9.59. The van der Waals surface area contributed by atoms with Crippen LogP contribution in [0, 0.1) is 12.8 Å². The summed E-state index contributed by atoms with van der Waals surface area (Å²) in [6.07, 6.45) is 2.99. The Morgan fingerprint density at radius 3 is 2.00 bits per heavy atom. The molecular formula is C24H31NO4. The van der Waals surface area contributed by atoms with Crippen LogP contribution in [-0.4, -0.2) is 11.9 Å². The molecule has 0 aliphatic carbocycles. The Labute approximate surface area is 173 Å². The zero-order valence-corrected chi connectivity index (χ0v) is 18.4. The van der Waals surface area contributed by atoms with Crippen molar-refractivity contribution in [2.45, 2.75) is 60.9 Å². The molecule has 5 heteroatoms. The Balaban J connectivity index is 2.66. The van der Waals surface area contributed by atoms with Crippen LogP contribution in [0.4, 0.5) is 0 Å². The lowest BCUT2D eigenvalue weighted by atomic mass is 9.94. The summed E-state index contributed by atoms with van der Waals surface area (Å²) in [5.41, 5.74) is 2.80. The standard InChI is InChI=1S/C24H31NO4/c1-14(2)12-15(3)13-25-17(5)22-16(4)23(28-18(6)26)20-10-8-9-11-21(20)24(22)29-19(7)27/h8-11,13-14,17,25H,12H2,1-7H3/b15-13+. The maximum Gasteiger partial charge on any atom is 0.308 e. The molecule has 0 radical (unpaired) electrons. The quantitative estimate of drug-likeness (QED) is 0.487. The second-order valence-electron chi connectivity index (χ2n) is 7.91. The minimum absolute atomic E-state index is 0.162. The topological polar surface area (TPSA) is 64.6 Å². The minimum Gasteiger partial charge on any atom is -0.426 e. The molecule has 156 valence electrons. The van der Waals surface area contributed by atoms with Gasteiger partial charge < -0.3 is 14.8 Å². The highest BCUT2D eigenvalue weighted by Gasteiger charge is 2.24. The van der Waals surface area contributed by atoms with Crippen LogP contribution in [0.25, 0.3) is 10.8 Å². The van der Waals surface area contributed by atoms with E-state index in [9.17, 15) is 9.59 Å². The molecule has 2 aromatic carbocycles. The summed E-state index contributed by atoms with van der Waals surface area (Å²) in [5.74, 6) is 0.775. The van der Waals surface area contributed by atoms with Gasteiger partial charge in [0.05, 0.1) is 6.04 Å². The maximum absolute atomic E-state index is 11.9. The first kappa shape index (κ1) is 22.5. The second-order valence-corrected chi connectivity index (χ2v) is 7.91. The van der Waals surface area contributed by atoms with Crippen molar-refractivity contribution in [3.8, 4) is 11.5 Å². The van der Waals surface area contributed by atoms with Crippen LogP contribution in [0.15, 0.2) is 36.0 Å². The molecule has 1 N–H and O–H groups in total. The Hall–Kier alpha value is -2.82. The molecule has 5 nitrogen and oxygen atoms in total. The first-order valence-electron chi connectivity index (χ1n) is 9.95. The Kier molecular flexibility index (Phi) is 7.43. The average molecular weight is 398 g/mol. The summed E-state index contributed by atoms with van der Waals surface area (Å²) >= 11 is 0. The van der Waals surface area contributed by atoms with Crippen molar-refractivity contribution in [2.24, 2.45) is 5.92 Å². The molecule has 0 bridgehead atoms. The molecule has 0 heterocycles. The highest BCUT2D eigenvalue weighted by molar-refractivity contribution is 5.98. The number of rotatable bonds is 7. The van der Waals surface area contributed by atoms with Crippen LogP contribution < -0.4 is 14.8 Å². The Morgan fingerprint density at radius 2 is 1.48 bits per heavy atom. The molecule has 0 saturated carbocycles. The molecule has 0 aliphatic heterocycles. The van der Waals surface area contributed by atoms with E-state index in [1.165, 1.54) is 19.4 Å². The number of carbonyl (C=O) groups excluding carboxylic acids is 2. The van der Waals surface area contributed by atoms with Gasteiger partial charge >= 0.3 is 11.9 Å². The van der Waals surface area contributed by atoms with Crippen molar-refractivity contribution in [1.82, 2.24) is 5.32 Å². The fourth-order valence-corrected chi connectivity index (χ4v) is 3.62. The SMILES string of the molecule is CC(=O)Oc1c(C)c(C(C)N/C=C(\C)CC(C)C)c(OC(C)=O)c2ccccc12. The number of esters is 2.